The summed E-state index contributed by atoms with van der Waals surface area (Å²) in [7, 11) is 0. The van der Waals surface area contributed by atoms with Crippen LogP contribution in [0.4, 0.5) is 11.4 Å². The zero-order valence-corrected chi connectivity index (χ0v) is 16.0. The molecule has 0 heterocycles. The summed E-state index contributed by atoms with van der Waals surface area (Å²) in [6, 6.07) is 13.7. The van der Waals surface area contributed by atoms with Gasteiger partial charge in [-0.2, -0.15) is 0 Å². The Hall–Kier alpha value is -2.80. The predicted molar refractivity (Wildman–Crippen MR) is 107 cm³/mol. The molecule has 0 radical (unpaired) electrons. The Morgan fingerprint density at radius 2 is 1.85 bits per heavy atom. The first-order valence-electron chi connectivity index (χ1n) is 8.48. The van der Waals surface area contributed by atoms with Crippen molar-refractivity contribution < 1.29 is 19.1 Å². The lowest BCUT2D eigenvalue weighted by Gasteiger charge is -2.16. The summed E-state index contributed by atoms with van der Waals surface area (Å²) in [5.41, 5.74) is 7.31. The summed E-state index contributed by atoms with van der Waals surface area (Å²) >= 11 is 1.25. The number of carbonyl (C=O) groups is 3. The van der Waals surface area contributed by atoms with Gasteiger partial charge in [0.15, 0.2) is 5.78 Å². The van der Waals surface area contributed by atoms with Crippen LogP contribution in [0, 0.1) is 0 Å². The maximum absolute atomic E-state index is 12.8. The Morgan fingerprint density at radius 3 is 2.48 bits per heavy atom. The first-order valence-corrected chi connectivity index (χ1v) is 9.36. The van der Waals surface area contributed by atoms with Crippen LogP contribution in [0.2, 0.25) is 0 Å². The number of rotatable bonds is 8. The van der Waals surface area contributed by atoms with Crippen molar-refractivity contribution in [2.24, 2.45) is 0 Å². The van der Waals surface area contributed by atoms with Gasteiger partial charge in [-0.1, -0.05) is 12.1 Å². The quantitative estimate of drug-likeness (QED) is 0.312. The highest BCUT2D eigenvalue weighted by Gasteiger charge is 2.24. The van der Waals surface area contributed by atoms with Crippen molar-refractivity contribution in [1.82, 2.24) is 0 Å². The van der Waals surface area contributed by atoms with E-state index in [4.69, 9.17) is 10.5 Å². The number of hydrogen-bond acceptors (Lipinski definition) is 6. The van der Waals surface area contributed by atoms with Gasteiger partial charge in [0.05, 0.1) is 18.3 Å². The smallest absolute Gasteiger partial charge is 0.307 e. The zero-order chi connectivity index (χ0) is 19.8. The summed E-state index contributed by atoms with van der Waals surface area (Å²) in [5, 5.41) is 2.09. The van der Waals surface area contributed by atoms with E-state index in [2.05, 4.69) is 5.32 Å². The minimum Gasteiger partial charge on any atom is -0.466 e. The summed E-state index contributed by atoms with van der Waals surface area (Å²) in [5.74, 6) is -0.880. The van der Waals surface area contributed by atoms with Crippen LogP contribution in [0.1, 0.15) is 30.6 Å². The number of esters is 1. The Morgan fingerprint density at radius 1 is 1.15 bits per heavy atom. The molecule has 0 aliphatic carbocycles. The van der Waals surface area contributed by atoms with E-state index in [9.17, 15) is 14.4 Å². The molecule has 2 aromatic carbocycles. The van der Waals surface area contributed by atoms with Gasteiger partial charge in [-0.3, -0.25) is 14.4 Å². The minimum atomic E-state index is -0.686. The van der Waals surface area contributed by atoms with Crippen LogP contribution in [0.3, 0.4) is 0 Å². The van der Waals surface area contributed by atoms with Crippen LogP contribution in [-0.2, 0) is 14.3 Å². The fourth-order valence-electron chi connectivity index (χ4n) is 2.31. The SMILES string of the molecule is CCOC(=O)CC(Sc1ccc(N)cc1)C(=O)Nc1cccc(C(C)=O)c1. The lowest BCUT2D eigenvalue weighted by molar-refractivity contribution is -0.143. The van der Waals surface area contributed by atoms with Gasteiger partial charge in [0, 0.05) is 21.8 Å². The normalized spacial score (nSPS) is 11.5. The molecular formula is C20H22N2O4S. The third-order valence-electron chi connectivity index (χ3n) is 3.64. The van der Waals surface area contributed by atoms with Gasteiger partial charge in [0.1, 0.15) is 0 Å². The summed E-state index contributed by atoms with van der Waals surface area (Å²) in [6.07, 6.45) is -0.0683. The van der Waals surface area contributed by atoms with E-state index >= 15 is 0 Å². The summed E-state index contributed by atoms with van der Waals surface area (Å²) in [4.78, 5) is 37.0. The van der Waals surface area contributed by atoms with E-state index in [0.717, 1.165) is 4.90 Å². The molecule has 0 saturated carbocycles. The topological polar surface area (TPSA) is 98.5 Å². The van der Waals surface area contributed by atoms with Gasteiger partial charge in [-0.15, -0.1) is 11.8 Å². The minimum absolute atomic E-state index is 0.0683. The molecule has 0 aromatic heterocycles. The average Bonchev–Trinajstić information content (AvgIpc) is 2.63. The number of ether oxygens (including phenoxy) is 1. The molecule has 0 bridgehead atoms. The molecule has 0 aliphatic rings. The molecule has 2 aromatic rings. The number of Topliss-reactive ketones (excluding diaryl/α,β-unsaturated/α-hetero) is 1. The first-order chi connectivity index (χ1) is 12.9. The number of nitrogens with one attached hydrogen (secondary N) is 1. The number of nitrogens with two attached hydrogens (primary N) is 1. The van der Waals surface area contributed by atoms with Crippen LogP contribution in [-0.4, -0.2) is 29.5 Å². The molecule has 142 valence electrons. The molecule has 7 heteroatoms. The van der Waals surface area contributed by atoms with Gasteiger partial charge in [-0.25, -0.2) is 0 Å². The number of thioether (sulfide) groups is 1. The molecule has 6 nitrogen and oxygen atoms in total. The molecule has 3 N–H and O–H groups in total. The molecule has 0 spiro atoms. The second kappa shape index (κ2) is 9.78. The van der Waals surface area contributed by atoms with Gasteiger partial charge in [0.25, 0.3) is 0 Å². The Labute approximate surface area is 162 Å². The third-order valence-corrected chi connectivity index (χ3v) is 4.85. The Bertz CT molecular complexity index is 821. The fraction of sp³-hybridized carbons (Fsp3) is 0.250. The summed E-state index contributed by atoms with van der Waals surface area (Å²) in [6.45, 7) is 3.43. The monoisotopic (exact) mass is 386 g/mol. The van der Waals surface area contributed by atoms with E-state index in [1.807, 2.05) is 0 Å². The van der Waals surface area contributed by atoms with E-state index in [1.54, 1.807) is 55.5 Å². The summed E-state index contributed by atoms with van der Waals surface area (Å²) < 4.78 is 4.98. The number of anilines is 2. The number of nitrogen functional groups attached to an aromatic ring is 1. The molecule has 1 amide bonds. The van der Waals surface area contributed by atoms with Gasteiger partial charge < -0.3 is 15.8 Å². The Kier molecular flexibility index (Phi) is 7.43. The molecule has 1 atom stereocenters. The lowest BCUT2D eigenvalue weighted by atomic mass is 10.1. The van der Waals surface area contributed by atoms with Crippen LogP contribution >= 0.6 is 11.8 Å². The first kappa shape index (κ1) is 20.5. The van der Waals surface area contributed by atoms with Gasteiger partial charge in [0.2, 0.25) is 5.91 Å². The second-order valence-electron chi connectivity index (χ2n) is 5.81. The molecule has 0 fully saturated rings. The molecular weight excluding hydrogens is 364 g/mol. The van der Waals surface area contributed by atoms with Gasteiger partial charge in [-0.05, 0) is 50.2 Å². The van der Waals surface area contributed by atoms with Crippen molar-refractivity contribution >= 4 is 40.8 Å². The van der Waals surface area contributed by atoms with Gasteiger partial charge >= 0.3 is 5.97 Å². The number of hydrogen-bond donors (Lipinski definition) is 2. The van der Waals surface area contributed by atoms with Crippen LogP contribution in [0.15, 0.2) is 53.4 Å². The highest BCUT2D eigenvalue weighted by atomic mass is 32.2. The molecule has 0 aliphatic heterocycles. The number of benzene rings is 2. The third kappa shape index (κ3) is 6.45. The van der Waals surface area contributed by atoms with E-state index in [1.165, 1.54) is 18.7 Å². The van der Waals surface area contributed by atoms with Crippen molar-refractivity contribution in [1.29, 1.82) is 0 Å². The fourth-order valence-corrected chi connectivity index (χ4v) is 3.32. The van der Waals surface area contributed by atoms with Crippen molar-refractivity contribution in [3.63, 3.8) is 0 Å². The highest BCUT2D eigenvalue weighted by molar-refractivity contribution is 8.00. The van der Waals surface area contributed by atoms with Crippen molar-refractivity contribution in [2.45, 2.75) is 30.4 Å². The van der Waals surface area contributed by atoms with Crippen molar-refractivity contribution in [3.8, 4) is 0 Å². The van der Waals surface area contributed by atoms with Crippen LogP contribution < -0.4 is 11.1 Å². The maximum atomic E-state index is 12.8. The van der Waals surface area contributed by atoms with Crippen LogP contribution in [0.5, 0.6) is 0 Å². The standard InChI is InChI=1S/C20H22N2O4S/c1-3-26-19(24)12-18(27-17-9-7-15(21)8-10-17)20(25)22-16-6-4-5-14(11-16)13(2)23/h4-11,18H,3,12,21H2,1-2H3,(H,22,25). The number of amides is 1. The predicted octanol–water partition coefficient (Wildman–Crippen LogP) is 3.52. The van der Waals surface area contributed by atoms with Crippen molar-refractivity contribution in [3.05, 3.63) is 54.1 Å². The second-order valence-corrected chi connectivity index (χ2v) is 7.09. The molecule has 27 heavy (non-hydrogen) atoms. The average molecular weight is 386 g/mol. The zero-order valence-electron chi connectivity index (χ0n) is 15.2. The van der Waals surface area contributed by atoms with E-state index < -0.39 is 11.2 Å². The maximum Gasteiger partial charge on any atom is 0.307 e. The van der Waals surface area contributed by atoms with Crippen LogP contribution in [0.25, 0.3) is 0 Å². The van der Waals surface area contributed by atoms with Crippen molar-refractivity contribution in [2.75, 3.05) is 17.7 Å². The Balaban J connectivity index is 2.16. The van der Waals surface area contributed by atoms with E-state index in [0.29, 0.717) is 16.9 Å². The largest absolute Gasteiger partial charge is 0.466 e. The molecule has 1 unspecified atom stereocenters. The highest BCUT2D eigenvalue weighted by Crippen LogP contribution is 2.28. The van der Waals surface area contributed by atoms with E-state index in [-0.39, 0.29) is 24.7 Å². The molecule has 0 saturated heterocycles. The lowest BCUT2D eigenvalue weighted by Crippen LogP contribution is -2.28. The number of ketones is 1. The number of carbonyl (C=O) groups excluding carboxylic acids is 3. The molecule has 2 rings (SSSR count).